The highest BCUT2D eigenvalue weighted by molar-refractivity contribution is 7.18. The summed E-state index contributed by atoms with van der Waals surface area (Å²) in [5.74, 6) is 0. The molecule has 1 aromatic heterocycles. The first-order valence-electron chi connectivity index (χ1n) is 8.74. The van der Waals surface area contributed by atoms with Gasteiger partial charge in [-0.3, -0.25) is 0 Å². The number of carbonyl (C=O) groups is 1. The van der Waals surface area contributed by atoms with Crippen molar-refractivity contribution in [3.63, 3.8) is 0 Å². The van der Waals surface area contributed by atoms with E-state index in [2.05, 4.69) is 15.6 Å². The molecule has 0 saturated heterocycles. The van der Waals surface area contributed by atoms with Gasteiger partial charge in [0.2, 0.25) is 0 Å². The van der Waals surface area contributed by atoms with Crippen LogP contribution in [0.15, 0.2) is 78.9 Å². The van der Waals surface area contributed by atoms with Gasteiger partial charge in [-0.25, -0.2) is 9.78 Å². The minimum absolute atomic E-state index is 0.221. The zero-order valence-corrected chi connectivity index (χ0v) is 15.7. The van der Waals surface area contributed by atoms with Gasteiger partial charge in [-0.2, -0.15) is 0 Å². The molecule has 3 aromatic carbocycles. The van der Waals surface area contributed by atoms with Crippen molar-refractivity contribution in [1.82, 2.24) is 10.3 Å². The van der Waals surface area contributed by atoms with E-state index in [1.807, 2.05) is 85.8 Å². The van der Waals surface area contributed by atoms with E-state index < -0.39 is 0 Å². The highest BCUT2D eigenvalue weighted by Gasteiger charge is 2.16. The molecule has 0 spiro atoms. The van der Waals surface area contributed by atoms with E-state index in [4.69, 9.17) is 0 Å². The number of nitrogens with zero attached hydrogens (tertiary/aromatic N) is 1. The van der Waals surface area contributed by atoms with Crippen LogP contribution in [0.1, 0.15) is 22.2 Å². The summed E-state index contributed by atoms with van der Waals surface area (Å²) >= 11 is 1.62. The van der Waals surface area contributed by atoms with Crippen LogP contribution in [-0.4, -0.2) is 11.0 Å². The third-order valence-corrected chi connectivity index (χ3v) is 5.23. The van der Waals surface area contributed by atoms with Crippen molar-refractivity contribution in [3.05, 3.63) is 95.0 Å². The number of benzene rings is 3. The zero-order valence-electron chi connectivity index (χ0n) is 14.8. The van der Waals surface area contributed by atoms with Crippen LogP contribution in [0, 0.1) is 6.92 Å². The molecule has 0 fully saturated rings. The molecule has 4 rings (SSSR count). The van der Waals surface area contributed by atoms with Crippen LogP contribution >= 0.6 is 11.3 Å². The lowest BCUT2D eigenvalue weighted by atomic mass is 9.99. The summed E-state index contributed by atoms with van der Waals surface area (Å²) in [6.45, 7) is 1.98. The van der Waals surface area contributed by atoms with Crippen molar-refractivity contribution >= 4 is 33.3 Å². The number of amides is 2. The Kier molecular flexibility index (Phi) is 4.85. The molecule has 0 radical (unpaired) electrons. The molecule has 4 nitrogen and oxygen atoms in total. The second-order valence-electron chi connectivity index (χ2n) is 6.27. The van der Waals surface area contributed by atoms with Gasteiger partial charge in [-0.05, 0) is 36.2 Å². The quantitative estimate of drug-likeness (QED) is 0.495. The summed E-state index contributed by atoms with van der Waals surface area (Å²) < 4.78 is 1.06. The SMILES string of the molecule is Cc1nc2ccc(NC(=O)NC(c3ccccc3)c3ccccc3)cc2s1. The Labute approximate surface area is 161 Å². The Bertz CT molecular complexity index is 1020. The minimum Gasteiger partial charge on any atom is -0.327 e. The molecule has 2 amide bonds. The molecule has 4 aromatic rings. The number of anilines is 1. The van der Waals surface area contributed by atoms with E-state index in [1.54, 1.807) is 11.3 Å². The fourth-order valence-corrected chi connectivity index (χ4v) is 3.93. The third kappa shape index (κ3) is 3.99. The molecular formula is C22H19N3OS. The lowest BCUT2D eigenvalue weighted by Crippen LogP contribution is -2.33. The topological polar surface area (TPSA) is 54.0 Å². The summed E-state index contributed by atoms with van der Waals surface area (Å²) in [7, 11) is 0. The van der Waals surface area contributed by atoms with Crippen molar-refractivity contribution in [3.8, 4) is 0 Å². The molecule has 27 heavy (non-hydrogen) atoms. The van der Waals surface area contributed by atoms with Gasteiger partial charge >= 0.3 is 6.03 Å². The molecule has 5 heteroatoms. The monoisotopic (exact) mass is 373 g/mol. The molecule has 0 atom stereocenters. The number of urea groups is 1. The van der Waals surface area contributed by atoms with Crippen molar-refractivity contribution in [2.75, 3.05) is 5.32 Å². The molecule has 0 aliphatic carbocycles. The molecule has 134 valence electrons. The predicted octanol–water partition coefficient (Wildman–Crippen LogP) is 5.52. The average Bonchev–Trinajstić information content (AvgIpc) is 3.07. The first kappa shape index (κ1) is 17.2. The van der Waals surface area contributed by atoms with E-state index in [1.165, 1.54) is 0 Å². The van der Waals surface area contributed by atoms with Gasteiger partial charge in [0, 0.05) is 5.69 Å². The molecule has 0 aliphatic heterocycles. The van der Waals surface area contributed by atoms with Crippen molar-refractivity contribution in [1.29, 1.82) is 0 Å². The zero-order chi connectivity index (χ0) is 18.6. The standard InChI is InChI=1S/C22H19N3OS/c1-15-23-19-13-12-18(14-20(19)27-15)24-22(26)25-21(16-8-4-2-5-9-16)17-10-6-3-7-11-17/h2-14,21H,1H3,(H2,24,25,26). The molecule has 0 saturated carbocycles. The van der Waals surface area contributed by atoms with E-state index in [-0.39, 0.29) is 12.1 Å². The molecule has 0 bridgehead atoms. The molecule has 1 heterocycles. The largest absolute Gasteiger partial charge is 0.327 e. The summed E-state index contributed by atoms with van der Waals surface area (Å²) in [4.78, 5) is 17.1. The fourth-order valence-electron chi connectivity index (χ4n) is 3.07. The lowest BCUT2D eigenvalue weighted by Gasteiger charge is -2.20. The Morgan fingerprint density at radius 3 is 2.19 bits per heavy atom. The maximum absolute atomic E-state index is 12.7. The molecule has 0 aliphatic rings. The van der Waals surface area contributed by atoms with Crippen molar-refractivity contribution in [2.45, 2.75) is 13.0 Å². The van der Waals surface area contributed by atoms with Gasteiger partial charge in [0.25, 0.3) is 0 Å². The van der Waals surface area contributed by atoms with Gasteiger partial charge in [-0.1, -0.05) is 60.7 Å². The second kappa shape index (κ2) is 7.60. The summed E-state index contributed by atoms with van der Waals surface area (Å²) in [5.41, 5.74) is 3.78. The molecule has 0 unspecified atom stereocenters. The number of thiazole rings is 1. The predicted molar refractivity (Wildman–Crippen MR) is 111 cm³/mol. The van der Waals surface area contributed by atoms with Crippen molar-refractivity contribution < 1.29 is 4.79 Å². The van der Waals surface area contributed by atoms with Gasteiger partial charge < -0.3 is 10.6 Å². The Morgan fingerprint density at radius 1 is 0.926 bits per heavy atom. The Morgan fingerprint density at radius 2 is 1.56 bits per heavy atom. The number of hydrogen-bond donors (Lipinski definition) is 2. The van der Waals surface area contributed by atoms with Crippen LogP contribution < -0.4 is 10.6 Å². The highest BCUT2D eigenvalue weighted by atomic mass is 32.1. The summed E-state index contributed by atoms with van der Waals surface area (Å²) in [6.07, 6.45) is 0. The Hall–Kier alpha value is -3.18. The first-order chi connectivity index (χ1) is 13.2. The van der Waals surface area contributed by atoms with E-state index in [9.17, 15) is 4.79 Å². The number of aryl methyl sites for hydroxylation is 1. The van der Waals surface area contributed by atoms with Crippen LogP contribution in [0.2, 0.25) is 0 Å². The maximum atomic E-state index is 12.7. The average molecular weight is 373 g/mol. The van der Waals surface area contributed by atoms with Crippen molar-refractivity contribution in [2.24, 2.45) is 0 Å². The first-order valence-corrected chi connectivity index (χ1v) is 9.55. The maximum Gasteiger partial charge on any atom is 0.319 e. The number of nitrogens with one attached hydrogen (secondary N) is 2. The molecule has 2 N–H and O–H groups in total. The van der Waals surface area contributed by atoms with E-state index in [0.717, 1.165) is 32.0 Å². The van der Waals surface area contributed by atoms with Crippen LogP contribution in [0.25, 0.3) is 10.2 Å². The van der Waals surface area contributed by atoms with Crippen LogP contribution in [-0.2, 0) is 0 Å². The number of aromatic nitrogens is 1. The summed E-state index contributed by atoms with van der Waals surface area (Å²) in [5, 5.41) is 7.04. The second-order valence-corrected chi connectivity index (χ2v) is 7.50. The van der Waals surface area contributed by atoms with Gasteiger partial charge in [0.15, 0.2) is 0 Å². The van der Waals surface area contributed by atoms with Gasteiger partial charge in [0.05, 0.1) is 21.3 Å². The van der Waals surface area contributed by atoms with Gasteiger partial charge in [-0.15, -0.1) is 11.3 Å². The highest BCUT2D eigenvalue weighted by Crippen LogP contribution is 2.25. The molecular weight excluding hydrogens is 354 g/mol. The lowest BCUT2D eigenvalue weighted by molar-refractivity contribution is 0.250. The Balaban J connectivity index is 1.56. The number of hydrogen-bond acceptors (Lipinski definition) is 3. The van der Waals surface area contributed by atoms with E-state index >= 15 is 0 Å². The number of rotatable bonds is 4. The van der Waals surface area contributed by atoms with Gasteiger partial charge in [0.1, 0.15) is 0 Å². The normalized spacial score (nSPS) is 10.9. The van der Waals surface area contributed by atoms with E-state index in [0.29, 0.717) is 0 Å². The van der Waals surface area contributed by atoms with Crippen LogP contribution in [0.4, 0.5) is 10.5 Å². The fraction of sp³-hybridized carbons (Fsp3) is 0.0909. The van der Waals surface area contributed by atoms with Crippen LogP contribution in [0.3, 0.4) is 0 Å². The number of carbonyl (C=O) groups excluding carboxylic acids is 1. The minimum atomic E-state index is -0.242. The smallest absolute Gasteiger partial charge is 0.319 e. The van der Waals surface area contributed by atoms with Crippen LogP contribution in [0.5, 0.6) is 0 Å². The number of fused-ring (bicyclic) bond motifs is 1. The third-order valence-electron chi connectivity index (χ3n) is 4.29. The summed E-state index contributed by atoms with van der Waals surface area (Å²) in [6, 6.07) is 25.2.